The molecule has 24 heavy (non-hydrogen) atoms. The average molecular weight is 416 g/mol. The van der Waals surface area contributed by atoms with Crippen LogP contribution in [-0.2, 0) is 15.3 Å². The largest absolute Gasteiger partial charge is 0.357 e. The lowest BCUT2D eigenvalue weighted by Gasteiger charge is -2.16. The second-order valence-corrected chi connectivity index (χ2v) is 9.57. The van der Waals surface area contributed by atoms with Gasteiger partial charge in [-0.15, -0.1) is 0 Å². The summed E-state index contributed by atoms with van der Waals surface area (Å²) in [5.74, 6) is 0.953. The molecule has 0 heterocycles. The predicted molar refractivity (Wildman–Crippen MR) is 103 cm³/mol. The zero-order valence-corrected chi connectivity index (χ0v) is 16.7. The fraction of sp³-hybridized carbons (Fsp3) is 0.588. The molecular formula is C17H26BrN3O2S. The Kier molecular flexibility index (Phi) is 6.69. The molecule has 0 spiro atoms. The third-order valence-electron chi connectivity index (χ3n) is 4.16. The molecule has 0 saturated heterocycles. The second-order valence-electron chi connectivity index (χ2n) is 6.40. The van der Waals surface area contributed by atoms with Gasteiger partial charge in [-0.1, -0.05) is 28.1 Å². The summed E-state index contributed by atoms with van der Waals surface area (Å²) in [7, 11) is -2.90. The van der Waals surface area contributed by atoms with Gasteiger partial charge in [-0.3, -0.25) is 4.99 Å². The first kappa shape index (κ1) is 19.2. The van der Waals surface area contributed by atoms with Crippen molar-refractivity contribution in [2.75, 3.05) is 31.6 Å². The molecule has 0 unspecified atom stereocenters. The standard InChI is InChI=1S/C17H26BrN3O2S/c1-3-19-16(20-10-5-11-24(2,22)23)21-13-17(8-9-17)14-6-4-7-15(18)12-14/h4,6-7,12H,3,5,8-11,13H2,1-2H3,(H2,19,20,21). The molecule has 1 aromatic rings. The smallest absolute Gasteiger partial charge is 0.191 e. The fourth-order valence-corrected chi connectivity index (χ4v) is 3.69. The van der Waals surface area contributed by atoms with E-state index in [4.69, 9.17) is 4.99 Å². The molecule has 7 heteroatoms. The number of nitrogens with zero attached hydrogens (tertiary/aromatic N) is 1. The number of nitrogens with one attached hydrogen (secondary N) is 2. The van der Waals surface area contributed by atoms with Gasteiger partial charge < -0.3 is 10.6 Å². The van der Waals surface area contributed by atoms with Gasteiger partial charge in [-0.25, -0.2) is 8.42 Å². The minimum atomic E-state index is -2.90. The molecular weight excluding hydrogens is 390 g/mol. The highest BCUT2D eigenvalue weighted by atomic mass is 79.9. The van der Waals surface area contributed by atoms with Gasteiger partial charge in [0.2, 0.25) is 0 Å². The van der Waals surface area contributed by atoms with Crippen LogP contribution < -0.4 is 10.6 Å². The van der Waals surface area contributed by atoms with Crippen LogP contribution in [0.25, 0.3) is 0 Å². The van der Waals surface area contributed by atoms with Crippen LogP contribution in [0, 0.1) is 0 Å². The molecule has 1 fully saturated rings. The van der Waals surface area contributed by atoms with Crippen LogP contribution in [0.1, 0.15) is 31.7 Å². The Labute approximate surface area is 153 Å². The summed E-state index contributed by atoms with van der Waals surface area (Å²) >= 11 is 3.54. The number of halogens is 1. The van der Waals surface area contributed by atoms with E-state index >= 15 is 0 Å². The molecule has 0 aromatic heterocycles. The second kappa shape index (κ2) is 8.34. The molecule has 0 amide bonds. The SMILES string of the molecule is CCNC(=NCC1(c2cccc(Br)c2)CC1)NCCCS(C)(=O)=O. The van der Waals surface area contributed by atoms with E-state index in [1.807, 2.05) is 13.0 Å². The summed E-state index contributed by atoms with van der Waals surface area (Å²) in [4.78, 5) is 4.72. The highest BCUT2D eigenvalue weighted by Gasteiger charge is 2.44. The summed E-state index contributed by atoms with van der Waals surface area (Å²) in [5, 5.41) is 6.45. The van der Waals surface area contributed by atoms with Crippen LogP contribution in [-0.4, -0.2) is 46.0 Å². The molecule has 1 aliphatic rings. The number of hydrogen-bond acceptors (Lipinski definition) is 3. The molecule has 5 nitrogen and oxygen atoms in total. The quantitative estimate of drug-likeness (QED) is 0.388. The Bertz CT molecular complexity index is 685. The van der Waals surface area contributed by atoms with Gasteiger partial charge in [0.15, 0.2) is 5.96 Å². The van der Waals surface area contributed by atoms with E-state index in [1.165, 1.54) is 11.8 Å². The molecule has 1 saturated carbocycles. The average Bonchev–Trinajstić information content (AvgIpc) is 3.29. The summed E-state index contributed by atoms with van der Waals surface area (Å²) in [5.41, 5.74) is 1.48. The molecule has 2 rings (SSSR count). The highest BCUT2D eigenvalue weighted by molar-refractivity contribution is 9.10. The van der Waals surface area contributed by atoms with E-state index in [0.29, 0.717) is 13.0 Å². The number of rotatable bonds is 8. The van der Waals surface area contributed by atoms with Crippen molar-refractivity contribution in [3.63, 3.8) is 0 Å². The number of hydrogen-bond donors (Lipinski definition) is 2. The Morgan fingerprint density at radius 3 is 2.67 bits per heavy atom. The van der Waals surface area contributed by atoms with Crippen molar-refractivity contribution in [3.05, 3.63) is 34.3 Å². The summed E-state index contributed by atoms with van der Waals surface area (Å²) in [6, 6.07) is 8.45. The van der Waals surface area contributed by atoms with E-state index in [2.05, 4.69) is 44.8 Å². The van der Waals surface area contributed by atoms with Crippen LogP contribution in [0.3, 0.4) is 0 Å². The van der Waals surface area contributed by atoms with Crippen molar-refractivity contribution in [1.82, 2.24) is 10.6 Å². The maximum absolute atomic E-state index is 11.2. The van der Waals surface area contributed by atoms with Gasteiger partial charge in [0.1, 0.15) is 9.84 Å². The van der Waals surface area contributed by atoms with Crippen molar-refractivity contribution in [3.8, 4) is 0 Å². The molecule has 134 valence electrons. The Hall–Kier alpha value is -1.08. The van der Waals surface area contributed by atoms with Gasteiger partial charge in [-0.2, -0.15) is 0 Å². The lowest BCUT2D eigenvalue weighted by molar-refractivity contribution is 0.598. The number of benzene rings is 1. The molecule has 0 aliphatic heterocycles. The molecule has 0 bridgehead atoms. The minimum Gasteiger partial charge on any atom is -0.357 e. The van der Waals surface area contributed by atoms with Crippen molar-refractivity contribution in [1.29, 1.82) is 0 Å². The summed E-state index contributed by atoms with van der Waals surface area (Å²) < 4.78 is 23.4. The van der Waals surface area contributed by atoms with Gasteiger partial charge in [0.05, 0.1) is 12.3 Å². The lowest BCUT2D eigenvalue weighted by atomic mass is 9.96. The van der Waals surface area contributed by atoms with E-state index in [1.54, 1.807) is 0 Å². The van der Waals surface area contributed by atoms with E-state index in [0.717, 1.165) is 36.4 Å². The maximum Gasteiger partial charge on any atom is 0.191 e. The first-order chi connectivity index (χ1) is 11.3. The first-order valence-electron chi connectivity index (χ1n) is 8.31. The Morgan fingerprint density at radius 2 is 2.08 bits per heavy atom. The van der Waals surface area contributed by atoms with Crippen LogP contribution in [0.15, 0.2) is 33.7 Å². The molecule has 1 aromatic carbocycles. The zero-order chi connectivity index (χ0) is 17.6. The van der Waals surface area contributed by atoms with Gasteiger partial charge in [-0.05, 0) is 43.9 Å². The van der Waals surface area contributed by atoms with Crippen LogP contribution >= 0.6 is 15.9 Å². The maximum atomic E-state index is 11.2. The van der Waals surface area contributed by atoms with E-state index in [-0.39, 0.29) is 11.2 Å². The van der Waals surface area contributed by atoms with E-state index < -0.39 is 9.84 Å². The van der Waals surface area contributed by atoms with Gasteiger partial charge in [0, 0.05) is 29.2 Å². The number of guanidine groups is 1. The Balaban J connectivity index is 1.93. The third-order valence-corrected chi connectivity index (χ3v) is 5.68. The van der Waals surface area contributed by atoms with Gasteiger partial charge in [0.25, 0.3) is 0 Å². The molecule has 1 aliphatic carbocycles. The first-order valence-corrected chi connectivity index (χ1v) is 11.2. The third kappa shape index (κ3) is 6.09. The van der Waals surface area contributed by atoms with Crippen LogP contribution in [0.5, 0.6) is 0 Å². The van der Waals surface area contributed by atoms with Crippen molar-refractivity contribution in [2.24, 2.45) is 4.99 Å². The van der Waals surface area contributed by atoms with Crippen LogP contribution in [0.2, 0.25) is 0 Å². The number of aliphatic imine (C=N–C) groups is 1. The number of sulfone groups is 1. The molecule has 2 N–H and O–H groups in total. The molecule has 0 radical (unpaired) electrons. The monoisotopic (exact) mass is 415 g/mol. The lowest BCUT2D eigenvalue weighted by Crippen LogP contribution is -2.38. The predicted octanol–water partition coefficient (Wildman–Crippen LogP) is 2.47. The topological polar surface area (TPSA) is 70.6 Å². The van der Waals surface area contributed by atoms with Gasteiger partial charge >= 0.3 is 0 Å². The zero-order valence-electron chi connectivity index (χ0n) is 14.3. The minimum absolute atomic E-state index is 0.152. The highest BCUT2D eigenvalue weighted by Crippen LogP contribution is 2.48. The molecule has 0 atom stereocenters. The van der Waals surface area contributed by atoms with Crippen molar-refractivity contribution >= 4 is 31.7 Å². The Morgan fingerprint density at radius 1 is 1.33 bits per heavy atom. The fourth-order valence-electron chi connectivity index (χ4n) is 2.62. The van der Waals surface area contributed by atoms with E-state index in [9.17, 15) is 8.42 Å². The summed E-state index contributed by atoms with van der Waals surface area (Å²) in [6.07, 6.45) is 4.15. The summed E-state index contributed by atoms with van der Waals surface area (Å²) in [6.45, 7) is 4.14. The van der Waals surface area contributed by atoms with Crippen molar-refractivity contribution in [2.45, 2.75) is 31.6 Å². The normalized spacial score (nSPS) is 16.7. The van der Waals surface area contributed by atoms with Crippen LogP contribution in [0.4, 0.5) is 0 Å². The van der Waals surface area contributed by atoms with Crippen molar-refractivity contribution < 1.29 is 8.42 Å².